The molecule has 0 N–H and O–H groups in total. The molecule has 0 unspecified atom stereocenters. The Morgan fingerprint density at radius 1 is 1.00 bits per heavy atom. The summed E-state index contributed by atoms with van der Waals surface area (Å²) in [5, 5.41) is 0.634. The smallest absolute Gasteiger partial charge is 0.289 e. The largest absolute Gasteiger partial charge is 0.343 e. The predicted molar refractivity (Wildman–Crippen MR) is 95.8 cm³/mol. The molecular formula is C19H14F2N2O2S. The molecule has 0 spiro atoms. The van der Waals surface area contributed by atoms with Gasteiger partial charge >= 0.3 is 0 Å². The minimum Gasteiger partial charge on any atom is -0.343 e. The first-order chi connectivity index (χ1) is 12.5. The van der Waals surface area contributed by atoms with Crippen LogP contribution in [0.25, 0.3) is 10.9 Å². The van der Waals surface area contributed by atoms with Crippen molar-refractivity contribution in [1.82, 2.24) is 9.47 Å². The zero-order chi connectivity index (χ0) is 18.3. The monoisotopic (exact) mass is 372 g/mol. The van der Waals surface area contributed by atoms with Gasteiger partial charge in [-0.25, -0.2) is 8.78 Å². The van der Waals surface area contributed by atoms with Crippen LogP contribution in [0.15, 0.2) is 48.7 Å². The van der Waals surface area contributed by atoms with Crippen LogP contribution in [-0.2, 0) is 17.9 Å². The summed E-state index contributed by atoms with van der Waals surface area (Å²) in [6.45, 7) is 0.397. The molecule has 1 fully saturated rings. The van der Waals surface area contributed by atoms with Crippen molar-refractivity contribution in [3.63, 3.8) is 0 Å². The number of imide groups is 1. The third-order valence-corrected chi connectivity index (χ3v) is 5.28. The quantitative estimate of drug-likeness (QED) is 0.691. The molecule has 0 atom stereocenters. The predicted octanol–water partition coefficient (Wildman–Crippen LogP) is 4.16. The van der Waals surface area contributed by atoms with E-state index in [2.05, 4.69) is 0 Å². The van der Waals surface area contributed by atoms with Crippen molar-refractivity contribution in [3.8, 4) is 0 Å². The van der Waals surface area contributed by atoms with E-state index < -0.39 is 11.6 Å². The summed E-state index contributed by atoms with van der Waals surface area (Å²) < 4.78 is 29.2. The van der Waals surface area contributed by atoms with E-state index in [1.54, 1.807) is 6.20 Å². The number of hydrogen-bond donors (Lipinski definition) is 0. The van der Waals surface area contributed by atoms with Crippen LogP contribution in [0.4, 0.5) is 13.6 Å². The van der Waals surface area contributed by atoms with E-state index in [9.17, 15) is 18.4 Å². The number of carbonyl (C=O) groups excluding carboxylic acids is 2. The normalized spacial score (nSPS) is 14.6. The summed E-state index contributed by atoms with van der Waals surface area (Å²) in [5.41, 5.74) is 1.93. The van der Waals surface area contributed by atoms with Crippen molar-refractivity contribution in [2.24, 2.45) is 0 Å². The van der Waals surface area contributed by atoms with Crippen molar-refractivity contribution in [1.29, 1.82) is 0 Å². The maximum absolute atomic E-state index is 13.9. The van der Waals surface area contributed by atoms with Gasteiger partial charge in [0.25, 0.3) is 5.24 Å². The first kappa shape index (κ1) is 16.8. The average Bonchev–Trinajstić information content (AvgIpc) is 3.17. The zero-order valence-electron chi connectivity index (χ0n) is 13.6. The molecule has 4 nitrogen and oxygen atoms in total. The van der Waals surface area contributed by atoms with Gasteiger partial charge in [-0.1, -0.05) is 23.9 Å². The van der Waals surface area contributed by atoms with E-state index in [4.69, 9.17) is 0 Å². The van der Waals surface area contributed by atoms with E-state index in [1.165, 1.54) is 11.0 Å². The number of carbonyl (C=O) groups is 2. The Labute approximate surface area is 152 Å². The van der Waals surface area contributed by atoms with Crippen molar-refractivity contribution in [2.45, 2.75) is 13.1 Å². The lowest BCUT2D eigenvalue weighted by atomic mass is 10.1. The topological polar surface area (TPSA) is 42.3 Å². The Morgan fingerprint density at radius 3 is 2.62 bits per heavy atom. The van der Waals surface area contributed by atoms with Gasteiger partial charge in [0.05, 0.1) is 18.8 Å². The number of hydrogen-bond acceptors (Lipinski definition) is 3. The Hall–Kier alpha value is -2.67. The number of fused-ring (bicyclic) bond motifs is 1. The minimum absolute atomic E-state index is 0.175. The number of rotatable bonds is 4. The Morgan fingerprint density at radius 2 is 1.85 bits per heavy atom. The van der Waals surface area contributed by atoms with Crippen molar-refractivity contribution < 1.29 is 18.4 Å². The Kier molecular flexibility index (Phi) is 4.24. The summed E-state index contributed by atoms with van der Waals surface area (Å²) in [7, 11) is 0. The number of benzene rings is 2. The number of halogens is 2. The molecule has 0 bridgehead atoms. The molecule has 2 heterocycles. The lowest BCUT2D eigenvalue weighted by Gasteiger charge is -2.14. The van der Waals surface area contributed by atoms with Crippen LogP contribution in [-0.4, -0.2) is 26.4 Å². The highest BCUT2D eigenvalue weighted by Gasteiger charge is 2.30. The number of nitrogens with zero attached hydrogens (tertiary/aromatic N) is 2. The van der Waals surface area contributed by atoms with Crippen LogP contribution in [0, 0.1) is 11.6 Å². The van der Waals surface area contributed by atoms with Gasteiger partial charge in [-0.2, -0.15) is 0 Å². The number of thioether (sulfide) groups is 1. The Balaban J connectivity index is 1.68. The summed E-state index contributed by atoms with van der Waals surface area (Å²) in [6.07, 6.45) is 1.79. The fraction of sp³-hybridized carbons (Fsp3) is 0.158. The molecule has 7 heteroatoms. The lowest BCUT2D eigenvalue weighted by Crippen LogP contribution is -2.27. The fourth-order valence-electron chi connectivity index (χ4n) is 3.12. The van der Waals surface area contributed by atoms with Gasteiger partial charge in [-0.15, -0.1) is 0 Å². The van der Waals surface area contributed by atoms with E-state index >= 15 is 0 Å². The Bertz CT molecular complexity index is 1020. The van der Waals surface area contributed by atoms with Crippen LogP contribution in [0.1, 0.15) is 11.1 Å². The molecule has 3 aromatic rings. The van der Waals surface area contributed by atoms with Gasteiger partial charge in [-0.05, 0) is 35.9 Å². The van der Waals surface area contributed by atoms with Gasteiger partial charge in [0, 0.05) is 22.7 Å². The molecule has 1 saturated heterocycles. The van der Waals surface area contributed by atoms with Crippen LogP contribution >= 0.6 is 11.8 Å². The second kappa shape index (κ2) is 6.57. The van der Waals surface area contributed by atoms with Gasteiger partial charge in [-0.3, -0.25) is 14.5 Å². The van der Waals surface area contributed by atoms with Crippen LogP contribution < -0.4 is 0 Å². The van der Waals surface area contributed by atoms with Gasteiger partial charge < -0.3 is 4.57 Å². The molecule has 2 aromatic carbocycles. The van der Waals surface area contributed by atoms with E-state index in [0.717, 1.165) is 40.4 Å². The zero-order valence-corrected chi connectivity index (χ0v) is 14.4. The summed E-state index contributed by atoms with van der Waals surface area (Å²) in [6, 6.07) is 10.8. The van der Waals surface area contributed by atoms with Gasteiger partial charge in [0.15, 0.2) is 0 Å². The number of aromatic nitrogens is 1. The first-order valence-electron chi connectivity index (χ1n) is 8.01. The molecule has 4 rings (SSSR count). The maximum atomic E-state index is 13.9. The average molecular weight is 372 g/mol. The second-order valence-corrected chi connectivity index (χ2v) is 6.99. The second-order valence-electron chi connectivity index (χ2n) is 6.06. The number of amides is 2. The van der Waals surface area contributed by atoms with Crippen molar-refractivity contribution in [3.05, 3.63) is 71.4 Å². The molecule has 0 saturated carbocycles. The highest BCUT2D eigenvalue weighted by Crippen LogP contribution is 2.26. The standard InChI is InChI=1S/C19H14F2N2O2S/c20-14-4-5-16(21)13(8-14)9-22-7-6-15-12(2-1-3-17(15)22)10-23-18(24)11-26-19(23)25/h1-8H,9-11H2. The minimum atomic E-state index is -0.484. The highest BCUT2D eigenvalue weighted by molar-refractivity contribution is 8.14. The summed E-state index contributed by atoms with van der Waals surface area (Å²) >= 11 is 1.00. The van der Waals surface area contributed by atoms with E-state index in [-0.39, 0.29) is 35.6 Å². The summed E-state index contributed by atoms with van der Waals surface area (Å²) in [5.74, 6) is -0.968. The molecule has 0 aliphatic carbocycles. The van der Waals surface area contributed by atoms with E-state index in [1.807, 2.05) is 28.8 Å². The molecular weight excluding hydrogens is 358 g/mol. The molecule has 0 radical (unpaired) electrons. The molecule has 2 amide bonds. The molecule has 1 aliphatic rings. The van der Waals surface area contributed by atoms with Crippen LogP contribution in [0.3, 0.4) is 0 Å². The highest BCUT2D eigenvalue weighted by atomic mass is 32.2. The molecule has 1 aromatic heterocycles. The van der Waals surface area contributed by atoms with Crippen molar-refractivity contribution >= 4 is 33.8 Å². The lowest BCUT2D eigenvalue weighted by molar-refractivity contribution is -0.124. The van der Waals surface area contributed by atoms with E-state index in [0.29, 0.717) is 0 Å². The van der Waals surface area contributed by atoms with Crippen LogP contribution in [0.2, 0.25) is 0 Å². The molecule has 132 valence electrons. The SMILES string of the molecule is O=C1CSC(=O)N1Cc1cccc2c1ccn2Cc1cc(F)ccc1F. The van der Waals surface area contributed by atoms with Crippen molar-refractivity contribution in [2.75, 3.05) is 5.75 Å². The molecule has 1 aliphatic heterocycles. The van der Waals surface area contributed by atoms with Crippen LogP contribution in [0.5, 0.6) is 0 Å². The fourth-order valence-corrected chi connectivity index (χ4v) is 3.84. The third kappa shape index (κ3) is 2.99. The van der Waals surface area contributed by atoms with Gasteiger partial charge in [0.2, 0.25) is 5.91 Å². The third-order valence-electron chi connectivity index (χ3n) is 4.42. The maximum Gasteiger partial charge on any atom is 0.289 e. The summed E-state index contributed by atoms with van der Waals surface area (Å²) in [4.78, 5) is 24.9. The molecule has 26 heavy (non-hydrogen) atoms. The van der Waals surface area contributed by atoms with Gasteiger partial charge in [0.1, 0.15) is 11.6 Å². The first-order valence-corrected chi connectivity index (χ1v) is 8.99.